The number of aromatic nitrogens is 3. The maximum absolute atomic E-state index is 5.96. The van der Waals surface area contributed by atoms with Gasteiger partial charge in [0, 0.05) is 11.8 Å². The van der Waals surface area contributed by atoms with Gasteiger partial charge in [-0.2, -0.15) is 5.10 Å². The van der Waals surface area contributed by atoms with Crippen LogP contribution in [-0.4, -0.2) is 28.0 Å². The summed E-state index contributed by atoms with van der Waals surface area (Å²) in [7, 11) is 0. The minimum absolute atomic E-state index is 0.297. The van der Waals surface area contributed by atoms with Gasteiger partial charge in [0.15, 0.2) is 12.1 Å². The van der Waals surface area contributed by atoms with Crippen LogP contribution in [0, 0.1) is 6.92 Å². The number of pyridine rings is 1. The SMILES string of the molecule is Cc1c(Cl)cnn1-c1ccc(C2OCCO2)cn1. The molecule has 0 amide bonds. The number of hydrogen-bond acceptors (Lipinski definition) is 4. The number of rotatable bonds is 2. The smallest absolute Gasteiger partial charge is 0.185 e. The molecule has 0 atom stereocenters. The molecule has 2 aromatic rings. The van der Waals surface area contributed by atoms with Gasteiger partial charge in [-0.25, -0.2) is 9.67 Å². The van der Waals surface area contributed by atoms with Crippen molar-refractivity contribution in [3.63, 3.8) is 0 Å². The van der Waals surface area contributed by atoms with Gasteiger partial charge in [-0.15, -0.1) is 0 Å². The average Bonchev–Trinajstić information content (AvgIpc) is 3.02. The summed E-state index contributed by atoms with van der Waals surface area (Å²) < 4.78 is 12.5. The summed E-state index contributed by atoms with van der Waals surface area (Å²) in [4.78, 5) is 4.35. The van der Waals surface area contributed by atoms with Gasteiger partial charge in [-0.05, 0) is 19.1 Å². The van der Waals surface area contributed by atoms with Crippen molar-refractivity contribution in [1.29, 1.82) is 0 Å². The van der Waals surface area contributed by atoms with E-state index in [0.29, 0.717) is 18.2 Å². The fourth-order valence-electron chi connectivity index (χ4n) is 1.83. The molecule has 6 heteroatoms. The Balaban J connectivity index is 1.88. The van der Waals surface area contributed by atoms with Gasteiger partial charge >= 0.3 is 0 Å². The van der Waals surface area contributed by atoms with Crippen LogP contribution < -0.4 is 0 Å². The molecule has 1 saturated heterocycles. The van der Waals surface area contributed by atoms with Crippen LogP contribution in [-0.2, 0) is 9.47 Å². The zero-order valence-corrected chi connectivity index (χ0v) is 10.6. The second-order valence-corrected chi connectivity index (χ2v) is 4.42. The normalized spacial score (nSPS) is 16.3. The van der Waals surface area contributed by atoms with Gasteiger partial charge in [0.1, 0.15) is 0 Å². The van der Waals surface area contributed by atoms with Gasteiger partial charge < -0.3 is 9.47 Å². The van der Waals surface area contributed by atoms with Crippen LogP contribution >= 0.6 is 11.6 Å². The molecule has 18 heavy (non-hydrogen) atoms. The van der Waals surface area contributed by atoms with Gasteiger partial charge in [-0.1, -0.05) is 11.6 Å². The van der Waals surface area contributed by atoms with Gasteiger partial charge in [-0.3, -0.25) is 0 Å². The lowest BCUT2D eigenvalue weighted by Crippen LogP contribution is -2.04. The Kier molecular flexibility index (Phi) is 3.03. The molecule has 0 saturated carbocycles. The number of hydrogen-bond donors (Lipinski definition) is 0. The van der Waals surface area contributed by atoms with Crippen molar-refractivity contribution in [1.82, 2.24) is 14.8 Å². The Labute approximate surface area is 109 Å². The van der Waals surface area contributed by atoms with Gasteiger partial charge in [0.25, 0.3) is 0 Å². The van der Waals surface area contributed by atoms with Crippen LogP contribution in [0.15, 0.2) is 24.5 Å². The second-order valence-electron chi connectivity index (χ2n) is 4.01. The largest absolute Gasteiger partial charge is 0.346 e. The maximum Gasteiger partial charge on any atom is 0.185 e. The van der Waals surface area contributed by atoms with Crippen LogP contribution in [0.4, 0.5) is 0 Å². The first kappa shape index (κ1) is 11.6. The first-order valence-electron chi connectivity index (χ1n) is 5.65. The van der Waals surface area contributed by atoms with Gasteiger partial charge in [0.2, 0.25) is 0 Å². The van der Waals surface area contributed by atoms with Crippen molar-refractivity contribution in [2.75, 3.05) is 13.2 Å². The molecule has 3 heterocycles. The summed E-state index contributed by atoms with van der Waals surface area (Å²) in [6, 6.07) is 3.80. The zero-order chi connectivity index (χ0) is 12.5. The molecule has 0 bridgehead atoms. The van der Waals surface area contributed by atoms with E-state index in [4.69, 9.17) is 21.1 Å². The van der Waals surface area contributed by atoms with Crippen molar-refractivity contribution >= 4 is 11.6 Å². The van der Waals surface area contributed by atoms with E-state index in [0.717, 1.165) is 17.1 Å². The van der Waals surface area contributed by atoms with Crippen LogP contribution in [0.1, 0.15) is 17.5 Å². The third kappa shape index (κ3) is 2.01. The predicted octanol–water partition coefficient (Wildman–Crippen LogP) is 2.27. The number of nitrogens with zero attached hydrogens (tertiary/aromatic N) is 3. The Bertz CT molecular complexity index is 547. The van der Waals surface area contributed by atoms with E-state index in [1.165, 1.54) is 0 Å². The number of ether oxygens (including phenoxy) is 2. The molecule has 2 aromatic heterocycles. The molecule has 0 spiro atoms. The highest BCUT2D eigenvalue weighted by Gasteiger charge is 2.18. The summed E-state index contributed by atoms with van der Waals surface area (Å²) >= 11 is 5.96. The lowest BCUT2D eigenvalue weighted by Gasteiger charge is -2.09. The summed E-state index contributed by atoms with van der Waals surface area (Å²) in [5, 5.41) is 4.80. The third-order valence-electron chi connectivity index (χ3n) is 2.83. The fourth-order valence-corrected chi connectivity index (χ4v) is 1.96. The molecular formula is C12H12ClN3O2. The molecule has 0 N–H and O–H groups in total. The Morgan fingerprint density at radius 1 is 1.28 bits per heavy atom. The molecule has 1 aliphatic heterocycles. The van der Waals surface area contributed by atoms with Crippen LogP contribution in [0.5, 0.6) is 0 Å². The second kappa shape index (κ2) is 4.68. The summed E-state index contributed by atoms with van der Waals surface area (Å²) in [6.07, 6.45) is 3.05. The molecule has 5 nitrogen and oxygen atoms in total. The summed E-state index contributed by atoms with van der Waals surface area (Å²) in [5.41, 5.74) is 1.78. The van der Waals surface area contributed by atoms with Crippen molar-refractivity contribution < 1.29 is 9.47 Å². The van der Waals surface area contributed by atoms with E-state index in [-0.39, 0.29) is 6.29 Å². The van der Waals surface area contributed by atoms with Crippen molar-refractivity contribution in [2.45, 2.75) is 13.2 Å². The van der Waals surface area contributed by atoms with E-state index >= 15 is 0 Å². The standard InChI is InChI=1S/C12H12ClN3O2/c1-8-10(13)7-15-16(8)11-3-2-9(6-14-11)12-17-4-5-18-12/h2-3,6-7,12H,4-5H2,1H3. The third-order valence-corrected chi connectivity index (χ3v) is 3.20. The van der Waals surface area contributed by atoms with Crippen molar-refractivity contribution in [3.8, 4) is 5.82 Å². The van der Waals surface area contributed by atoms with E-state index in [2.05, 4.69) is 10.1 Å². The van der Waals surface area contributed by atoms with Crippen LogP contribution in [0.3, 0.4) is 0 Å². The lowest BCUT2D eigenvalue weighted by atomic mass is 10.3. The molecular weight excluding hydrogens is 254 g/mol. The molecule has 1 aliphatic rings. The Morgan fingerprint density at radius 2 is 2.06 bits per heavy atom. The maximum atomic E-state index is 5.96. The summed E-state index contributed by atoms with van der Waals surface area (Å²) in [5.74, 6) is 0.723. The number of halogens is 1. The Morgan fingerprint density at radius 3 is 2.61 bits per heavy atom. The van der Waals surface area contributed by atoms with E-state index in [1.807, 2.05) is 19.1 Å². The molecule has 1 fully saturated rings. The first-order chi connectivity index (χ1) is 8.75. The topological polar surface area (TPSA) is 49.2 Å². The highest BCUT2D eigenvalue weighted by atomic mass is 35.5. The van der Waals surface area contributed by atoms with Crippen molar-refractivity contribution in [3.05, 3.63) is 40.8 Å². The molecule has 0 radical (unpaired) electrons. The van der Waals surface area contributed by atoms with Crippen LogP contribution in [0.2, 0.25) is 5.02 Å². The summed E-state index contributed by atoms with van der Waals surface area (Å²) in [6.45, 7) is 3.15. The molecule has 94 valence electrons. The molecule has 0 aromatic carbocycles. The molecule has 0 unspecified atom stereocenters. The van der Waals surface area contributed by atoms with Gasteiger partial charge in [0.05, 0.1) is 30.1 Å². The predicted molar refractivity (Wildman–Crippen MR) is 65.8 cm³/mol. The van der Waals surface area contributed by atoms with E-state index < -0.39 is 0 Å². The fraction of sp³-hybridized carbons (Fsp3) is 0.333. The van der Waals surface area contributed by atoms with Crippen LogP contribution in [0.25, 0.3) is 5.82 Å². The highest BCUT2D eigenvalue weighted by Crippen LogP contribution is 2.23. The van der Waals surface area contributed by atoms with Crippen molar-refractivity contribution in [2.24, 2.45) is 0 Å². The minimum atomic E-state index is -0.297. The Hall–Kier alpha value is -1.43. The molecule has 3 rings (SSSR count). The quantitative estimate of drug-likeness (QED) is 0.836. The first-order valence-corrected chi connectivity index (χ1v) is 6.03. The lowest BCUT2D eigenvalue weighted by molar-refractivity contribution is -0.0443. The minimum Gasteiger partial charge on any atom is -0.346 e. The van der Waals surface area contributed by atoms with E-state index in [9.17, 15) is 0 Å². The highest BCUT2D eigenvalue weighted by molar-refractivity contribution is 6.31. The molecule has 0 aliphatic carbocycles. The van der Waals surface area contributed by atoms with E-state index in [1.54, 1.807) is 17.1 Å². The average molecular weight is 266 g/mol. The monoisotopic (exact) mass is 265 g/mol. The zero-order valence-electron chi connectivity index (χ0n) is 9.84.